The van der Waals surface area contributed by atoms with E-state index in [1.54, 1.807) is 25.1 Å². The fourth-order valence-corrected chi connectivity index (χ4v) is 5.51. The van der Waals surface area contributed by atoms with Crippen molar-refractivity contribution in [3.63, 3.8) is 0 Å². The molecule has 4 atom stereocenters. The molecule has 0 saturated heterocycles. The van der Waals surface area contributed by atoms with E-state index >= 15 is 4.39 Å². The van der Waals surface area contributed by atoms with Crippen LogP contribution >= 0.6 is 0 Å². The van der Waals surface area contributed by atoms with Crippen LogP contribution in [0.5, 0.6) is 5.75 Å². The molecule has 2 aromatic carbocycles. The highest BCUT2D eigenvalue weighted by Crippen LogP contribution is 2.48. The van der Waals surface area contributed by atoms with E-state index in [1.807, 2.05) is 6.08 Å². The number of hydrogen-bond acceptors (Lipinski definition) is 1. The van der Waals surface area contributed by atoms with Crippen LogP contribution in [0.4, 0.5) is 17.6 Å². The van der Waals surface area contributed by atoms with E-state index in [0.29, 0.717) is 23.3 Å². The number of rotatable bonds is 5. The van der Waals surface area contributed by atoms with Crippen LogP contribution in [-0.2, 0) is 0 Å². The summed E-state index contributed by atoms with van der Waals surface area (Å²) in [6, 6.07) is 5.56. The van der Waals surface area contributed by atoms with Crippen LogP contribution in [0.15, 0.2) is 49.1 Å². The second-order valence-electron chi connectivity index (χ2n) is 9.54. The first-order valence-corrected chi connectivity index (χ1v) is 12.3. The van der Waals surface area contributed by atoms with Crippen LogP contribution in [0.25, 0.3) is 0 Å². The number of allylic oxidation sites excluding steroid dienone is 2. The third-order valence-corrected chi connectivity index (χ3v) is 7.49. The van der Waals surface area contributed by atoms with E-state index in [4.69, 9.17) is 4.74 Å². The third-order valence-electron chi connectivity index (χ3n) is 7.49. The summed E-state index contributed by atoms with van der Waals surface area (Å²) in [7, 11) is 0. The molecule has 2 aliphatic rings. The molecular weight excluding hydrogens is 452 g/mol. The van der Waals surface area contributed by atoms with Crippen molar-refractivity contribution in [2.45, 2.75) is 51.4 Å². The summed E-state index contributed by atoms with van der Waals surface area (Å²) in [6.07, 6.45) is 11.5. The van der Waals surface area contributed by atoms with Gasteiger partial charge in [-0.25, -0.2) is 13.2 Å². The van der Waals surface area contributed by atoms with E-state index in [9.17, 15) is 13.2 Å². The summed E-state index contributed by atoms with van der Waals surface area (Å²) in [4.78, 5) is 0. The maximum atomic E-state index is 15.0. The predicted molar refractivity (Wildman–Crippen MR) is 130 cm³/mol. The predicted octanol–water partition coefficient (Wildman–Crippen LogP) is 8.08. The summed E-state index contributed by atoms with van der Waals surface area (Å²) in [5.41, 5.74) is -0.0462. The zero-order chi connectivity index (χ0) is 24.9. The van der Waals surface area contributed by atoms with Crippen molar-refractivity contribution in [2.75, 3.05) is 6.61 Å². The van der Waals surface area contributed by atoms with E-state index in [1.165, 1.54) is 18.2 Å². The highest BCUT2D eigenvalue weighted by molar-refractivity contribution is 5.47. The molecule has 2 fully saturated rings. The average Bonchev–Trinajstić information content (AvgIpc) is 2.88. The maximum Gasteiger partial charge on any atom is 0.201 e. The molecule has 2 aromatic rings. The van der Waals surface area contributed by atoms with E-state index in [-0.39, 0.29) is 29.4 Å². The van der Waals surface area contributed by atoms with Gasteiger partial charge >= 0.3 is 0 Å². The lowest BCUT2D eigenvalue weighted by atomic mass is 9.64. The topological polar surface area (TPSA) is 9.23 Å². The normalized spacial score (nSPS) is 23.9. The largest absolute Gasteiger partial charge is 0.486 e. The Hall–Kier alpha value is -3.00. The van der Waals surface area contributed by atoms with Crippen LogP contribution in [0.2, 0.25) is 0 Å². The molecule has 0 bridgehead atoms. The molecule has 0 radical (unpaired) electrons. The van der Waals surface area contributed by atoms with Crippen molar-refractivity contribution < 1.29 is 22.3 Å². The van der Waals surface area contributed by atoms with Gasteiger partial charge in [0.05, 0.1) is 11.1 Å². The number of benzene rings is 2. The van der Waals surface area contributed by atoms with Crippen LogP contribution in [-0.4, -0.2) is 6.61 Å². The Kier molecular flexibility index (Phi) is 8.00. The van der Waals surface area contributed by atoms with Crippen molar-refractivity contribution in [1.29, 1.82) is 0 Å². The lowest BCUT2D eigenvalue weighted by Crippen LogP contribution is -2.30. The second-order valence-corrected chi connectivity index (χ2v) is 9.54. The quantitative estimate of drug-likeness (QED) is 0.238. The van der Waals surface area contributed by atoms with Crippen molar-refractivity contribution in [3.8, 4) is 17.6 Å². The Bertz CT molecular complexity index is 1170. The molecular formula is C30H30F4O. The molecule has 0 aromatic heterocycles. The average molecular weight is 483 g/mol. The molecule has 184 valence electrons. The highest BCUT2D eigenvalue weighted by atomic mass is 19.2. The van der Waals surface area contributed by atoms with Crippen LogP contribution in [0.1, 0.15) is 68.1 Å². The van der Waals surface area contributed by atoms with Gasteiger partial charge in [-0.2, -0.15) is 4.39 Å². The summed E-state index contributed by atoms with van der Waals surface area (Å²) in [5.74, 6) is 2.10. The molecule has 35 heavy (non-hydrogen) atoms. The standard InChI is InChI=1S/C30H30F4O/c1-3-5-16-35-26-15-13-21(28(32)30(26)34)9-8-20-12-14-25(29(33)27(20)31)24-11-10-22-17-19(4-2)6-7-23(22)18-24/h3-5,12-15,19,22-24H,2,6-7,10-11,16-18H2,1H3/b5-3+. The van der Waals surface area contributed by atoms with Gasteiger partial charge in [-0.05, 0) is 92.9 Å². The van der Waals surface area contributed by atoms with Gasteiger partial charge in [-0.15, -0.1) is 6.58 Å². The fourth-order valence-electron chi connectivity index (χ4n) is 5.51. The van der Waals surface area contributed by atoms with Gasteiger partial charge in [0.1, 0.15) is 6.61 Å². The van der Waals surface area contributed by atoms with Gasteiger partial charge in [0.2, 0.25) is 5.82 Å². The SMILES string of the molecule is C=CC1CCC2CC(c3ccc(C#Cc4ccc(OC/C=C/C)c(F)c4F)c(F)c3F)CCC2C1. The first-order chi connectivity index (χ1) is 16.9. The van der Waals surface area contributed by atoms with Crippen LogP contribution in [0, 0.1) is 52.9 Å². The molecule has 2 saturated carbocycles. The molecule has 0 aliphatic heterocycles. The Morgan fingerprint density at radius 2 is 1.51 bits per heavy atom. The zero-order valence-electron chi connectivity index (χ0n) is 19.9. The van der Waals surface area contributed by atoms with Crippen molar-refractivity contribution >= 4 is 0 Å². The van der Waals surface area contributed by atoms with Crippen LogP contribution in [0.3, 0.4) is 0 Å². The lowest BCUT2D eigenvalue weighted by Gasteiger charge is -2.41. The monoisotopic (exact) mass is 482 g/mol. The fraction of sp³-hybridized carbons (Fsp3) is 0.400. The van der Waals surface area contributed by atoms with E-state index in [2.05, 4.69) is 18.4 Å². The van der Waals surface area contributed by atoms with E-state index < -0.39 is 23.3 Å². The van der Waals surface area contributed by atoms with Gasteiger partial charge in [0.15, 0.2) is 23.2 Å². The Morgan fingerprint density at radius 3 is 2.23 bits per heavy atom. The van der Waals surface area contributed by atoms with Crippen molar-refractivity contribution in [1.82, 2.24) is 0 Å². The molecule has 5 heteroatoms. The number of fused-ring (bicyclic) bond motifs is 1. The number of hydrogen-bond donors (Lipinski definition) is 0. The summed E-state index contributed by atoms with van der Waals surface area (Å²) >= 11 is 0. The molecule has 0 spiro atoms. The van der Waals surface area contributed by atoms with Gasteiger partial charge in [0, 0.05) is 0 Å². The molecule has 4 rings (SSSR count). The molecule has 0 amide bonds. The molecule has 4 unspecified atom stereocenters. The smallest absolute Gasteiger partial charge is 0.201 e. The van der Waals surface area contributed by atoms with Gasteiger partial charge in [-0.3, -0.25) is 0 Å². The Balaban J connectivity index is 1.50. The molecule has 0 N–H and O–H groups in total. The van der Waals surface area contributed by atoms with Crippen molar-refractivity contribution in [2.24, 2.45) is 17.8 Å². The summed E-state index contributed by atoms with van der Waals surface area (Å²) in [6.45, 7) is 5.81. The number of halogens is 4. The van der Waals surface area contributed by atoms with Crippen molar-refractivity contribution in [3.05, 3.63) is 89.0 Å². The minimum atomic E-state index is -1.18. The maximum absolute atomic E-state index is 15.0. The van der Waals surface area contributed by atoms with Gasteiger partial charge in [0.25, 0.3) is 0 Å². The minimum Gasteiger partial charge on any atom is -0.486 e. The molecule has 0 heterocycles. The first kappa shape index (κ1) is 25.1. The Labute approximate surface area is 204 Å². The van der Waals surface area contributed by atoms with Crippen LogP contribution < -0.4 is 4.74 Å². The van der Waals surface area contributed by atoms with Gasteiger partial charge < -0.3 is 4.74 Å². The Morgan fingerprint density at radius 1 is 0.857 bits per heavy atom. The number of ether oxygens (including phenoxy) is 1. The summed E-state index contributed by atoms with van der Waals surface area (Å²) < 4.78 is 63.7. The summed E-state index contributed by atoms with van der Waals surface area (Å²) in [5, 5.41) is 0. The van der Waals surface area contributed by atoms with Gasteiger partial charge in [-0.1, -0.05) is 36.1 Å². The molecule has 1 nitrogen and oxygen atoms in total. The minimum absolute atomic E-state index is 0.0188. The second kappa shape index (κ2) is 11.2. The highest BCUT2D eigenvalue weighted by Gasteiger charge is 2.36. The molecule has 2 aliphatic carbocycles. The third kappa shape index (κ3) is 5.48. The zero-order valence-corrected chi connectivity index (χ0v) is 19.9. The lowest BCUT2D eigenvalue weighted by molar-refractivity contribution is 0.132. The first-order valence-electron chi connectivity index (χ1n) is 12.3. The van der Waals surface area contributed by atoms with E-state index in [0.717, 1.165) is 38.5 Å².